The highest BCUT2D eigenvalue weighted by Gasteiger charge is 2.12. The van der Waals surface area contributed by atoms with Crippen molar-refractivity contribution in [3.8, 4) is 11.5 Å². The molecule has 7 heteroatoms. The average molecular weight is 440 g/mol. The second kappa shape index (κ2) is 9.59. The predicted molar refractivity (Wildman–Crippen MR) is 107 cm³/mol. The van der Waals surface area contributed by atoms with E-state index in [0.717, 1.165) is 26.9 Å². The Morgan fingerprint density at radius 2 is 1.96 bits per heavy atom. The van der Waals surface area contributed by atoms with E-state index in [1.165, 1.54) is 0 Å². The Morgan fingerprint density at radius 1 is 1.27 bits per heavy atom. The molecular weight excluding hydrogens is 420 g/mol. The minimum atomic E-state index is -0.357. The second-order valence-corrected chi connectivity index (χ2v) is 6.70. The van der Waals surface area contributed by atoms with E-state index in [1.54, 1.807) is 12.3 Å². The van der Waals surface area contributed by atoms with Gasteiger partial charge < -0.3 is 9.47 Å². The first-order chi connectivity index (χ1) is 12.4. The number of hydrogen-bond acceptors (Lipinski definition) is 4. The monoisotopic (exact) mass is 438 g/mol. The summed E-state index contributed by atoms with van der Waals surface area (Å²) in [7, 11) is 0. The Labute approximate surface area is 166 Å². The molecule has 5 nitrogen and oxygen atoms in total. The first kappa shape index (κ1) is 20.3. The third-order valence-corrected chi connectivity index (χ3v) is 5.09. The van der Waals surface area contributed by atoms with Crippen molar-refractivity contribution in [3.63, 3.8) is 0 Å². The predicted octanol–water partition coefficient (Wildman–Crippen LogP) is 4.65. The fourth-order valence-corrected chi connectivity index (χ4v) is 2.87. The van der Waals surface area contributed by atoms with Gasteiger partial charge >= 0.3 is 0 Å². The lowest BCUT2D eigenvalue weighted by molar-refractivity contribution is -0.123. The van der Waals surface area contributed by atoms with Gasteiger partial charge in [0.2, 0.25) is 0 Å². The smallest absolute Gasteiger partial charge is 0.277 e. The number of ether oxygens (including phenoxy) is 2. The molecule has 0 heterocycles. The summed E-state index contributed by atoms with van der Waals surface area (Å²) in [4.78, 5) is 11.9. The molecule has 26 heavy (non-hydrogen) atoms. The maximum absolute atomic E-state index is 11.9. The van der Waals surface area contributed by atoms with Crippen molar-refractivity contribution in [2.24, 2.45) is 5.10 Å². The van der Waals surface area contributed by atoms with Crippen molar-refractivity contribution in [1.82, 2.24) is 5.43 Å². The number of rotatable bonds is 7. The summed E-state index contributed by atoms with van der Waals surface area (Å²) in [5, 5.41) is 4.60. The van der Waals surface area contributed by atoms with E-state index in [-0.39, 0.29) is 12.5 Å². The summed E-state index contributed by atoms with van der Waals surface area (Å²) in [6.07, 6.45) is 1.56. The number of carbonyl (C=O) groups excluding carboxylic acids is 1. The fourth-order valence-electron chi connectivity index (χ4n) is 2.18. The summed E-state index contributed by atoms with van der Waals surface area (Å²) in [6, 6.07) is 9.19. The van der Waals surface area contributed by atoms with Crippen molar-refractivity contribution < 1.29 is 14.3 Å². The molecule has 2 rings (SSSR count). The topological polar surface area (TPSA) is 59.9 Å². The summed E-state index contributed by atoms with van der Waals surface area (Å²) in [5.41, 5.74) is 5.04. The van der Waals surface area contributed by atoms with Gasteiger partial charge in [-0.2, -0.15) is 5.10 Å². The lowest BCUT2D eigenvalue weighted by Gasteiger charge is -2.12. The van der Waals surface area contributed by atoms with E-state index in [2.05, 4.69) is 26.5 Å². The van der Waals surface area contributed by atoms with Crippen LogP contribution >= 0.6 is 27.5 Å². The Balaban J connectivity index is 1.87. The van der Waals surface area contributed by atoms with Crippen molar-refractivity contribution in [3.05, 3.63) is 56.5 Å². The van der Waals surface area contributed by atoms with Gasteiger partial charge in [0, 0.05) is 5.02 Å². The summed E-state index contributed by atoms with van der Waals surface area (Å²) in [5.74, 6) is 1.00. The molecule has 2 aromatic rings. The Bertz CT molecular complexity index is 807. The molecule has 138 valence electrons. The number of carbonyl (C=O) groups is 1. The van der Waals surface area contributed by atoms with Crippen LogP contribution in [0.1, 0.15) is 23.6 Å². The zero-order chi connectivity index (χ0) is 19.1. The van der Waals surface area contributed by atoms with E-state index in [4.69, 9.17) is 21.1 Å². The van der Waals surface area contributed by atoms with Gasteiger partial charge in [-0.1, -0.05) is 11.6 Å². The van der Waals surface area contributed by atoms with Gasteiger partial charge in [-0.15, -0.1) is 0 Å². The van der Waals surface area contributed by atoms with Gasteiger partial charge in [0.15, 0.2) is 6.61 Å². The maximum Gasteiger partial charge on any atom is 0.277 e. The van der Waals surface area contributed by atoms with E-state index < -0.39 is 0 Å². The van der Waals surface area contributed by atoms with Gasteiger partial charge in [0.1, 0.15) is 11.5 Å². The first-order valence-electron chi connectivity index (χ1n) is 8.05. The number of nitrogens with one attached hydrogen (secondary N) is 1. The molecule has 0 bridgehead atoms. The number of halogens is 2. The minimum absolute atomic E-state index is 0.153. The molecule has 0 aliphatic rings. The van der Waals surface area contributed by atoms with Crippen LogP contribution in [0.5, 0.6) is 11.5 Å². The van der Waals surface area contributed by atoms with Crippen LogP contribution in [0.3, 0.4) is 0 Å². The SMILES string of the molecule is CCOc1ccc(/C=N/NC(=O)COc2cc(C)c(Cl)c(C)c2Br)cc1. The normalized spacial score (nSPS) is 10.8. The Hall–Kier alpha value is -2.05. The molecule has 0 aliphatic carbocycles. The number of amides is 1. The second-order valence-electron chi connectivity index (χ2n) is 5.53. The Morgan fingerprint density at radius 3 is 2.62 bits per heavy atom. The molecule has 0 spiro atoms. The first-order valence-corrected chi connectivity index (χ1v) is 9.22. The van der Waals surface area contributed by atoms with Crippen molar-refractivity contribution in [2.45, 2.75) is 20.8 Å². The zero-order valence-corrected chi connectivity index (χ0v) is 17.1. The van der Waals surface area contributed by atoms with Gasteiger partial charge in [0.25, 0.3) is 5.91 Å². The van der Waals surface area contributed by atoms with Gasteiger partial charge in [-0.05, 0) is 83.7 Å². The molecular formula is C19H20BrClN2O3. The lowest BCUT2D eigenvalue weighted by Crippen LogP contribution is -2.24. The van der Waals surface area contributed by atoms with Crippen LogP contribution in [-0.4, -0.2) is 25.3 Å². The van der Waals surface area contributed by atoms with Crippen LogP contribution in [0.25, 0.3) is 0 Å². The van der Waals surface area contributed by atoms with Gasteiger partial charge in [-0.3, -0.25) is 4.79 Å². The molecule has 0 unspecified atom stereocenters. The molecule has 1 amide bonds. The Kier molecular flexibility index (Phi) is 7.48. The van der Waals surface area contributed by atoms with E-state index in [9.17, 15) is 4.79 Å². The molecule has 0 saturated heterocycles. The van der Waals surface area contributed by atoms with Crippen LogP contribution in [0, 0.1) is 13.8 Å². The minimum Gasteiger partial charge on any atom is -0.494 e. The van der Waals surface area contributed by atoms with E-state index in [0.29, 0.717) is 17.4 Å². The lowest BCUT2D eigenvalue weighted by atomic mass is 10.1. The highest BCUT2D eigenvalue weighted by molar-refractivity contribution is 9.10. The fraction of sp³-hybridized carbons (Fsp3) is 0.263. The molecule has 1 N–H and O–H groups in total. The van der Waals surface area contributed by atoms with Crippen molar-refractivity contribution in [2.75, 3.05) is 13.2 Å². The quantitative estimate of drug-likeness (QED) is 0.505. The van der Waals surface area contributed by atoms with E-state index in [1.807, 2.05) is 45.0 Å². The molecule has 0 radical (unpaired) electrons. The molecule has 0 atom stereocenters. The molecule has 0 saturated carbocycles. The van der Waals surface area contributed by atoms with Crippen molar-refractivity contribution >= 4 is 39.7 Å². The standard InChI is InChI=1S/C19H20BrClN2O3/c1-4-25-15-7-5-14(6-8-15)10-22-23-17(24)11-26-16-9-12(2)19(21)13(3)18(16)20/h5-10H,4,11H2,1-3H3,(H,23,24)/b22-10+. The molecule has 2 aromatic carbocycles. The van der Waals surface area contributed by atoms with Crippen LogP contribution < -0.4 is 14.9 Å². The molecule has 0 fully saturated rings. The molecule has 0 aromatic heterocycles. The average Bonchev–Trinajstić information content (AvgIpc) is 2.63. The van der Waals surface area contributed by atoms with Crippen LogP contribution in [-0.2, 0) is 4.79 Å². The molecule has 0 aliphatic heterocycles. The summed E-state index contributed by atoms with van der Waals surface area (Å²) < 4.78 is 11.7. The largest absolute Gasteiger partial charge is 0.494 e. The number of nitrogens with zero attached hydrogens (tertiary/aromatic N) is 1. The number of benzene rings is 2. The van der Waals surface area contributed by atoms with Crippen LogP contribution in [0.2, 0.25) is 5.02 Å². The maximum atomic E-state index is 11.9. The van der Waals surface area contributed by atoms with Crippen LogP contribution in [0.4, 0.5) is 0 Å². The summed E-state index contributed by atoms with van der Waals surface area (Å²) >= 11 is 9.61. The third kappa shape index (κ3) is 5.47. The number of aryl methyl sites for hydroxylation is 1. The third-order valence-electron chi connectivity index (χ3n) is 3.52. The van der Waals surface area contributed by atoms with Crippen LogP contribution in [0.15, 0.2) is 39.9 Å². The highest BCUT2D eigenvalue weighted by atomic mass is 79.9. The zero-order valence-electron chi connectivity index (χ0n) is 14.8. The van der Waals surface area contributed by atoms with E-state index >= 15 is 0 Å². The number of hydrogen-bond donors (Lipinski definition) is 1. The number of hydrazone groups is 1. The summed E-state index contributed by atoms with van der Waals surface area (Å²) in [6.45, 7) is 6.16. The van der Waals surface area contributed by atoms with Gasteiger partial charge in [-0.25, -0.2) is 5.43 Å². The van der Waals surface area contributed by atoms with Gasteiger partial charge in [0.05, 0.1) is 17.3 Å². The van der Waals surface area contributed by atoms with Crippen molar-refractivity contribution in [1.29, 1.82) is 0 Å². The highest BCUT2D eigenvalue weighted by Crippen LogP contribution is 2.35.